The molecule has 0 saturated carbocycles. The monoisotopic (exact) mass is 268 g/mol. The third-order valence-electron chi connectivity index (χ3n) is 2.78. The van der Waals surface area contributed by atoms with Gasteiger partial charge in [-0.25, -0.2) is 4.79 Å². The summed E-state index contributed by atoms with van der Waals surface area (Å²) in [6.07, 6.45) is -0.244. The van der Waals surface area contributed by atoms with Gasteiger partial charge in [0.15, 0.2) is 5.82 Å². The van der Waals surface area contributed by atoms with Crippen molar-refractivity contribution in [3.63, 3.8) is 0 Å². The number of ether oxygens (including phenoxy) is 1. The summed E-state index contributed by atoms with van der Waals surface area (Å²) in [6, 6.07) is 0. The van der Waals surface area contributed by atoms with Crippen LogP contribution < -0.4 is 0 Å². The minimum absolute atomic E-state index is 0.244. The molecule has 0 bridgehead atoms. The maximum atomic E-state index is 11.9. The molecule has 0 radical (unpaired) electrons. The summed E-state index contributed by atoms with van der Waals surface area (Å²) < 4.78 is 5.35. The Morgan fingerprint density at radius 2 is 2.00 bits per heavy atom. The van der Waals surface area contributed by atoms with Crippen molar-refractivity contribution in [2.45, 2.75) is 32.9 Å². The molecular weight excluding hydrogens is 248 g/mol. The second-order valence-electron chi connectivity index (χ2n) is 5.57. The third kappa shape index (κ3) is 4.16. The van der Waals surface area contributed by atoms with Crippen molar-refractivity contribution in [1.82, 2.24) is 30.4 Å². The van der Waals surface area contributed by atoms with E-state index in [1.165, 1.54) is 0 Å². The van der Waals surface area contributed by atoms with Gasteiger partial charge in [-0.3, -0.25) is 4.90 Å². The molecule has 1 amide bonds. The van der Waals surface area contributed by atoms with Crippen LogP contribution in [0.4, 0.5) is 4.79 Å². The lowest BCUT2D eigenvalue weighted by atomic mass is 10.2. The summed E-state index contributed by atoms with van der Waals surface area (Å²) in [7, 11) is 0. The van der Waals surface area contributed by atoms with Crippen molar-refractivity contribution < 1.29 is 9.53 Å². The summed E-state index contributed by atoms with van der Waals surface area (Å²) in [4.78, 5) is 15.8. The molecule has 0 spiro atoms. The minimum Gasteiger partial charge on any atom is -0.444 e. The number of carbonyl (C=O) groups excluding carboxylic acids is 1. The number of amides is 1. The number of aromatic amines is 1. The average molecular weight is 268 g/mol. The highest BCUT2D eigenvalue weighted by Crippen LogP contribution is 2.12. The van der Waals surface area contributed by atoms with E-state index in [0.29, 0.717) is 25.5 Å². The maximum Gasteiger partial charge on any atom is 0.410 e. The Bertz CT molecular complexity index is 405. The predicted octanol–water partition coefficient (Wildman–Crippen LogP) is 0.252. The highest BCUT2D eigenvalue weighted by atomic mass is 16.6. The van der Waals surface area contributed by atoms with Crippen LogP contribution in [0.2, 0.25) is 0 Å². The number of nitrogens with one attached hydrogen (secondary N) is 1. The first kappa shape index (κ1) is 13.7. The molecule has 1 N–H and O–H groups in total. The lowest BCUT2D eigenvalue weighted by Gasteiger charge is -2.35. The molecule has 1 aromatic heterocycles. The molecule has 19 heavy (non-hydrogen) atoms. The first-order valence-electron chi connectivity index (χ1n) is 6.37. The van der Waals surface area contributed by atoms with E-state index in [4.69, 9.17) is 4.74 Å². The van der Waals surface area contributed by atoms with Gasteiger partial charge < -0.3 is 9.64 Å². The largest absolute Gasteiger partial charge is 0.444 e. The molecule has 1 fully saturated rings. The maximum absolute atomic E-state index is 11.9. The molecule has 1 saturated heterocycles. The van der Waals surface area contributed by atoms with E-state index in [0.717, 1.165) is 13.1 Å². The smallest absolute Gasteiger partial charge is 0.410 e. The number of hydrogen-bond donors (Lipinski definition) is 1. The molecule has 0 aliphatic carbocycles. The molecule has 8 nitrogen and oxygen atoms in total. The van der Waals surface area contributed by atoms with Crippen molar-refractivity contribution in [3.05, 3.63) is 5.82 Å². The van der Waals surface area contributed by atoms with Gasteiger partial charge in [0, 0.05) is 26.2 Å². The average Bonchev–Trinajstić information content (AvgIpc) is 2.80. The Morgan fingerprint density at radius 1 is 1.32 bits per heavy atom. The van der Waals surface area contributed by atoms with Crippen molar-refractivity contribution in [2.24, 2.45) is 0 Å². The zero-order valence-corrected chi connectivity index (χ0v) is 11.6. The fraction of sp³-hybridized carbons (Fsp3) is 0.818. The number of rotatable bonds is 2. The molecule has 2 heterocycles. The summed E-state index contributed by atoms with van der Waals surface area (Å²) in [6.45, 7) is 9.16. The molecule has 1 aromatic rings. The highest BCUT2D eigenvalue weighted by molar-refractivity contribution is 5.68. The van der Waals surface area contributed by atoms with Gasteiger partial charge in [-0.15, -0.1) is 10.2 Å². The van der Waals surface area contributed by atoms with Gasteiger partial charge in [-0.2, -0.15) is 5.21 Å². The third-order valence-corrected chi connectivity index (χ3v) is 2.78. The van der Waals surface area contributed by atoms with Crippen LogP contribution in [0.15, 0.2) is 0 Å². The van der Waals surface area contributed by atoms with Crippen LogP contribution in [-0.4, -0.2) is 68.3 Å². The van der Waals surface area contributed by atoms with E-state index in [-0.39, 0.29) is 6.09 Å². The summed E-state index contributed by atoms with van der Waals surface area (Å²) in [5, 5.41) is 13.8. The predicted molar refractivity (Wildman–Crippen MR) is 67.3 cm³/mol. The molecule has 0 atom stereocenters. The summed E-state index contributed by atoms with van der Waals surface area (Å²) in [5.74, 6) is 0.672. The Balaban J connectivity index is 1.77. The molecule has 0 aromatic carbocycles. The fourth-order valence-electron chi connectivity index (χ4n) is 1.86. The highest BCUT2D eigenvalue weighted by Gasteiger charge is 2.26. The first-order chi connectivity index (χ1) is 8.94. The molecular formula is C11H20N6O2. The summed E-state index contributed by atoms with van der Waals surface area (Å²) >= 11 is 0. The number of hydrogen-bond acceptors (Lipinski definition) is 6. The van der Waals surface area contributed by atoms with Gasteiger partial charge in [-0.05, 0) is 20.8 Å². The molecule has 8 heteroatoms. The normalized spacial score (nSPS) is 17.5. The van der Waals surface area contributed by atoms with Gasteiger partial charge in [0.2, 0.25) is 0 Å². The van der Waals surface area contributed by atoms with Crippen LogP contribution in [0.1, 0.15) is 26.6 Å². The Hall–Kier alpha value is -1.70. The van der Waals surface area contributed by atoms with Crippen LogP contribution in [0.3, 0.4) is 0 Å². The van der Waals surface area contributed by atoms with Crippen LogP contribution in [0.25, 0.3) is 0 Å². The van der Waals surface area contributed by atoms with Gasteiger partial charge in [0.05, 0.1) is 6.54 Å². The van der Waals surface area contributed by atoms with Crippen molar-refractivity contribution in [2.75, 3.05) is 26.2 Å². The van der Waals surface area contributed by atoms with Gasteiger partial charge in [-0.1, -0.05) is 5.21 Å². The number of piperazine rings is 1. The quantitative estimate of drug-likeness (QED) is 0.827. The molecule has 2 rings (SSSR count). The Labute approximate surface area is 112 Å². The molecule has 106 valence electrons. The van der Waals surface area contributed by atoms with Gasteiger partial charge in [0.25, 0.3) is 0 Å². The van der Waals surface area contributed by atoms with E-state index < -0.39 is 5.60 Å². The number of H-pyrrole nitrogens is 1. The van der Waals surface area contributed by atoms with E-state index in [9.17, 15) is 4.79 Å². The van der Waals surface area contributed by atoms with Crippen LogP contribution in [0, 0.1) is 0 Å². The second-order valence-corrected chi connectivity index (χ2v) is 5.57. The fourth-order valence-corrected chi connectivity index (χ4v) is 1.86. The summed E-state index contributed by atoms with van der Waals surface area (Å²) in [5.41, 5.74) is -0.446. The van der Waals surface area contributed by atoms with E-state index in [2.05, 4.69) is 25.5 Å². The second kappa shape index (κ2) is 5.52. The minimum atomic E-state index is -0.446. The molecule has 1 aliphatic rings. The van der Waals surface area contributed by atoms with Crippen LogP contribution in [-0.2, 0) is 11.3 Å². The van der Waals surface area contributed by atoms with Crippen LogP contribution >= 0.6 is 0 Å². The van der Waals surface area contributed by atoms with Crippen molar-refractivity contribution in [1.29, 1.82) is 0 Å². The van der Waals surface area contributed by atoms with Gasteiger partial charge >= 0.3 is 6.09 Å². The number of aromatic nitrogens is 4. The Kier molecular flexibility index (Phi) is 3.98. The number of tetrazole rings is 1. The Morgan fingerprint density at radius 3 is 2.53 bits per heavy atom. The lowest BCUT2D eigenvalue weighted by Crippen LogP contribution is -2.49. The van der Waals surface area contributed by atoms with Gasteiger partial charge in [0.1, 0.15) is 5.60 Å². The zero-order chi connectivity index (χ0) is 13.9. The van der Waals surface area contributed by atoms with Crippen molar-refractivity contribution >= 4 is 6.09 Å². The topological polar surface area (TPSA) is 87.2 Å². The first-order valence-corrected chi connectivity index (χ1v) is 6.37. The van der Waals surface area contributed by atoms with E-state index in [1.54, 1.807) is 4.90 Å². The van der Waals surface area contributed by atoms with E-state index >= 15 is 0 Å². The number of nitrogens with zero attached hydrogens (tertiary/aromatic N) is 5. The molecule has 1 aliphatic heterocycles. The number of carbonyl (C=O) groups is 1. The zero-order valence-electron chi connectivity index (χ0n) is 11.6. The van der Waals surface area contributed by atoms with Crippen LogP contribution in [0.5, 0.6) is 0 Å². The van der Waals surface area contributed by atoms with E-state index in [1.807, 2.05) is 20.8 Å². The van der Waals surface area contributed by atoms with Crippen molar-refractivity contribution in [3.8, 4) is 0 Å². The lowest BCUT2D eigenvalue weighted by molar-refractivity contribution is 0.0137. The standard InChI is InChI=1S/C11H20N6O2/c1-11(2,3)19-10(18)17-6-4-16(5-7-17)8-9-12-14-15-13-9/h4-8H2,1-3H3,(H,12,13,14,15). The SMILES string of the molecule is CC(C)(C)OC(=O)N1CCN(Cc2nn[nH]n2)CC1. The molecule has 0 unspecified atom stereocenters.